The third kappa shape index (κ3) is 2.95. The summed E-state index contributed by atoms with van der Waals surface area (Å²) >= 11 is 0. The van der Waals surface area contributed by atoms with Crippen LogP contribution in [0.3, 0.4) is 0 Å². The molecule has 2 N–H and O–H groups in total. The normalized spacial score (nSPS) is 21.4. The number of H-pyrrole nitrogens is 1. The second-order valence-electron chi connectivity index (χ2n) is 6.30. The van der Waals surface area contributed by atoms with Gasteiger partial charge in [0.1, 0.15) is 5.69 Å². The van der Waals surface area contributed by atoms with Gasteiger partial charge in [-0.2, -0.15) is 0 Å². The Morgan fingerprint density at radius 1 is 1.38 bits per heavy atom. The van der Waals surface area contributed by atoms with Crippen LogP contribution in [0, 0.1) is 13.8 Å². The van der Waals surface area contributed by atoms with Crippen LogP contribution in [-0.4, -0.2) is 51.7 Å². The van der Waals surface area contributed by atoms with Crippen molar-refractivity contribution < 1.29 is 19.4 Å². The number of carbonyl (C=O) groups is 2. The van der Waals surface area contributed by atoms with E-state index in [1.807, 2.05) is 20.8 Å². The van der Waals surface area contributed by atoms with E-state index in [0.717, 1.165) is 0 Å². The third-order valence-electron chi connectivity index (χ3n) is 3.72. The third-order valence-corrected chi connectivity index (χ3v) is 3.72. The Morgan fingerprint density at radius 3 is 2.48 bits per heavy atom. The maximum atomic E-state index is 12.8. The highest BCUT2D eigenvalue weighted by Gasteiger charge is 2.35. The number of nitrogens with one attached hydrogen (secondary N) is 1. The van der Waals surface area contributed by atoms with Gasteiger partial charge in [-0.05, 0) is 40.2 Å². The molecule has 1 aliphatic heterocycles. The number of morpholine rings is 1. The number of aromatic carboxylic acids is 1. The second-order valence-corrected chi connectivity index (χ2v) is 6.30. The average Bonchev–Trinajstić information content (AvgIpc) is 2.61. The van der Waals surface area contributed by atoms with E-state index in [-0.39, 0.29) is 17.7 Å². The van der Waals surface area contributed by atoms with Crippen LogP contribution in [0.2, 0.25) is 0 Å². The van der Waals surface area contributed by atoms with Crippen LogP contribution in [0.5, 0.6) is 0 Å². The summed E-state index contributed by atoms with van der Waals surface area (Å²) < 4.78 is 5.80. The molecule has 1 atom stereocenters. The number of carboxylic acid groups (broad SMARTS) is 1. The number of carboxylic acids is 1. The van der Waals surface area contributed by atoms with Crippen LogP contribution in [0.1, 0.15) is 52.9 Å². The highest BCUT2D eigenvalue weighted by Crippen LogP contribution is 2.25. The molecule has 21 heavy (non-hydrogen) atoms. The smallest absolute Gasteiger partial charge is 0.352 e. The van der Waals surface area contributed by atoms with E-state index in [9.17, 15) is 9.59 Å². The molecule has 1 saturated heterocycles. The lowest BCUT2D eigenvalue weighted by Gasteiger charge is -2.41. The highest BCUT2D eigenvalue weighted by molar-refractivity contribution is 6.00. The largest absolute Gasteiger partial charge is 0.477 e. The van der Waals surface area contributed by atoms with E-state index in [1.165, 1.54) is 0 Å². The van der Waals surface area contributed by atoms with Crippen LogP contribution >= 0.6 is 0 Å². The topological polar surface area (TPSA) is 82.6 Å². The first-order chi connectivity index (χ1) is 9.62. The summed E-state index contributed by atoms with van der Waals surface area (Å²) in [6.07, 6.45) is -0.0452. The molecule has 2 rings (SSSR count). The number of nitrogens with zero attached hydrogens (tertiary/aromatic N) is 1. The van der Waals surface area contributed by atoms with E-state index in [4.69, 9.17) is 9.84 Å². The molecule has 1 aliphatic rings. The average molecular weight is 294 g/mol. The number of carbonyl (C=O) groups excluding carboxylic acids is 1. The number of hydrogen-bond acceptors (Lipinski definition) is 3. The number of amides is 1. The summed E-state index contributed by atoms with van der Waals surface area (Å²) in [6.45, 7) is 10.2. The van der Waals surface area contributed by atoms with Gasteiger partial charge in [-0.15, -0.1) is 0 Å². The van der Waals surface area contributed by atoms with Crippen molar-refractivity contribution >= 4 is 11.9 Å². The molecule has 0 aliphatic carbocycles. The predicted octanol–water partition coefficient (Wildman–Crippen LogP) is 1.97. The highest BCUT2D eigenvalue weighted by atomic mass is 16.5. The van der Waals surface area contributed by atoms with Crippen LogP contribution in [-0.2, 0) is 4.74 Å². The molecular weight excluding hydrogens is 272 g/mol. The van der Waals surface area contributed by atoms with Crippen molar-refractivity contribution in [3.05, 3.63) is 22.5 Å². The zero-order valence-corrected chi connectivity index (χ0v) is 13.1. The van der Waals surface area contributed by atoms with Gasteiger partial charge < -0.3 is 19.7 Å². The lowest BCUT2D eigenvalue weighted by atomic mass is 10.0. The molecule has 0 aromatic carbocycles. The Hall–Kier alpha value is -1.82. The zero-order chi connectivity index (χ0) is 15.9. The van der Waals surface area contributed by atoms with Gasteiger partial charge in [0, 0.05) is 18.8 Å². The Kier molecular flexibility index (Phi) is 3.84. The van der Waals surface area contributed by atoms with Gasteiger partial charge in [0.25, 0.3) is 5.91 Å². The Morgan fingerprint density at radius 2 is 2.00 bits per heavy atom. The van der Waals surface area contributed by atoms with Gasteiger partial charge in [-0.25, -0.2) is 4.79 Å². The minimum Gasteiger partial charge on any atom is -0.477 e. The molecule has 1 aromatic rings. The van der Waals surface area contributed by atoms with Crippen LogP contribution in [0.4, 0.5) is 0 Å². The summed E-state index contributed by atoms with van der Waals surface area (Å²) in [7, 11) is 0. The van der Waals surface area contributed by atoms with Gasteiger partial charge in [-0.3, -0.25) is 4.79 Å². The first-order valence-electron chi connectivity index (χ1n) is 7.02. The molecule has 116 valence electrons. The molecule has 6 heteroatoms. The molecule has 0 spiro atoms. The first-order valence-corrected chi connectivity index (χ1v) is 7.02. The number of ether oxygens (including phenoxy) is 1. The van der Waals surface area contributed by atoms with Crippen molar-refractivity contribution in [1.82, 2.24) is 9.88 Å². The fourth-order valence-corrected chi connectivity index (χ4v) is 3.05. The minimum atomic E-state index is -1.05. The molecule has 1 aromatic heterocycles. The van der Waals surface area contributed by atoms with E-state index in [0.29, 0.717) is 29.9 Å². The maximum Gasteiger partial charge on any atom is 0.352 e. The van der Waals surface area contributed by atoms with Crippen molar-refractivity contribution in [2.24, 2.45) is 0 Å². The summed E-state index contributed by atoms with van der Waals surface area (Å²) in [5.41, 5.74) is 1.21. The summed E-state index contributed by atoms with van der Waals surface area (Å²) in [6, 6.07) is 0. The standard InChI is InChI=1S/C15H22N2O4/c1-8-6-17(7-15(4,5)21-8)13(18)11-9(2)12(14(19)20)16-10(11)3/h8,16H,6-7H2,1-5H3,(H,19,20). The molecule has 1 unspecified atom stereocenters. The molecule has 1 amide bonds. The Balaban J connectivity index is 2.34. The van der Waals surface area contributed by atoms with E-state index in [1.54, 1.807) is 18.7 Å². The van der Waals surface area contributed by atoms with Gasteiger partial charge in [0.15, 0.2) is 0 Å². The quantitative estimate of drug-likeness (QED) is 0.873. The van der Waals surface area contributed by atoms with Gasteiger partial charge in [0.2, 0.25) is 0 Å². The fourth-order valence-electron chi connectivity index (χ4n) is 3.05. The van der Waals surface area contributed by atoms with E-state index < -0.39 is 11.6 Å². The van der Waals surface area contributed by atoms with Crippen molar-refractivity contribution in [1.29, 1.82) is 0 Å². The monoisotopic (exact) mass is 294 g/mol. The minimum absolute atomic E-state index is 0.0452. The summed E-state index contributed by atoms with van der Waals surface area (Å²) in [4.78, 5) is 28.5. The molecule has 0 bridgehead atoms. The SMILES string of the molecule is Cc1[nH]c(C(=O)O)c(C)c1C(=O)N1CC(C)OC(C)(C)C1. The van der Waals surface area contributed by atoms with Gasteiger partial charge in [0.05, 0.1) is 17.3 Å². The molecule has 2 heterocycles. The number of aromatic amines is 1. The van der Waals surface area contributed by atoms with Crippen molar-refractivity contribution in [2.45, 2.75) is 46.3 Å². The number of rotatable bonds is 2. The molecule has 0 saturated carbocycles. The van der Waals surface area contributed by atoms with Crippen molar-refractivity contribution in [2.75, 3.05) is 13.1 Å². The van der Waals surface area contributed by atoms with Crippen LogP contribution in [0.25, 0.3) is 0 Å². The van der Waals surface area contributed by atoms with Gasteiger partial charge in [-0.1, -0.05) is 0 Å². The summed E-state index contributed by atoms with van der Waals surface area (Å²) in [5.74, 6) is -1.19. The fraction of sp³-hybridized carbons (Fsp3) is 0.600. The van der Waals surface area contributed by atoms with Crippen molar-refractivity contribution in [3.8, 4) is 0 Å². The Labute approximate surface area is 124 Å². The lowest BCUT2D eigenvalue weighted by Crippen LogP contribution is -2.53. The van der Waals surface area contributed by atoms with Gasteiger partial charge >= 0.3 is 5.97 Å². The zero-order valence-electron chi connectivity index (χ0n) is 13.1. The van der Waals surface area contributed by atoms with Crippen molar-refractivity contribution in [3.63, 3.8) is 0 Å². The lowest BCUT2D eigenvalue weighted by molar-refractivity contribution is -0.118. The molecule has 6 nitrogen and oxygen atoms in total. The number of aromatic nitrogens is 1. The maximum absolute atomic E-state index is 12.8. The summed E-state index contributed by atoms with van der Waals surface area (Å²) in [5, 5.41) is 9.14. The second kappa shape index (κ2) is 5.18. The number of aryl methyl sites for hydroxylation is 1. The molecular formula is C15H22N2O4. The van der Waals surface area contributed by atoms with Crippen LogP contribution in [0.15, 0.2) is 0 Å². The first kappa shape index (κ1) is 15.6. The van der Waals surface area contributed by atoms with Crippen LogP contribution < -0.4 is 0 Å². The Bertz CT molecular complexity index is 589. The predicted molar refractivity (Wildman–Crippen MR) is 77.8 cm³/mol. The van der Waals surface area contributed by atoms with E-state index >= 15 is 0 Å². The van der Waals surface area contributed by atoms with E-state index in [2.05, 4.69) is 4.98 Å². The molecule has 1 fully saturated rings. The molecule has 0 radical (unpaired) electrons. The number of hydrogen-bond donors (Lipinski definition) is 2.